The second-order valence-corrected chi connectivity index (χ2v) is 7.00. The number of nitrogens with zero attached hydrogens (tertiary/aromatic N) is 1. The topological polar surface area (TPSA) is 34.0 Å². The van der Waals surface area contributed by atoms with Crippen LogP contribution < -0.4 is 5.32 Å². The highest BCUT2D eigenvalue weighted by Gasteiger charge is 2.20. The smallest absolute Gasteiger partial charge is 0.263 e. The lowest BCUT2D eigenvalue weighted by atomic mass is 9.85. The highest BCUT2D eigenvalue weighted by atomic mass is 32.1. The zero-order valence-electron chi connectivity index (χ0n) is 13.2. The van der Waals surface area contributed by atoms with Crippen LogP contribution >= 0.6 is 11.3 Å². The summed E-state index contributed by atoms with van der Waals surface area (Å²) in [6, 6.07) is 5.92. The van der Waals surface area contributed by atoms with E-state index in [1.54, 1.807) is 0 Å². The first-order valence-electron chi connectivity index (χ1n) is 7.49. The number of rotatable bonds is 6. The maximum absolute atomic E-state index is 12.5. The number of aromatic nitrogens is 1. The van der Waals surface area contributed by atoms with Gasteiger partial charge in [0.2, 0.25) is 0 Å². The van der Waals surface area contributed by atoms with Crippen LogP contribution in [-0.2, 0) is 0 Å². The van der Waals surface area contributed by atoms with Crippen LogP contribution in [0.15, 0.2) is 36.0 Å². The Labute approximate surface area is 131 Å². The molecule has 0 aliphatic carbocycles. The molecule has 0 aliphatic rings. The third-order valence-corrected chi connectivity index (χ3v) is 4.85. The summed E-state index contributed by atoms with van der Waals surface area (Å²) in [4.78, 5) is 13.2. The van der Waals surface area contributed by atoms with Gasteiger partial charge in [0.05, 0.1) is 5.69 Å². The van der Waals surface area contributed by atoms with Crippen LogP contribution in [0.25, 0.3) is 5.69 Å². The SMILES string of the molecule is CC(C)C(CNC(=O)c1sccc1-n1cccc1)C(C)C. The molecule has 0 spiro atoms. The van der Waals surface area contributed by atoms with Gasteiger partial charge >= 0.3 is 0 Å². The van der Waals surface area contributed by atoms with Gasteiger partial charge in [-0.1, -0.05) is 27.7 Å². The molecule has 0 saturated heterocycles. The number of carbonyl (C=O) groups excluding carboxylic acids is 1. The Balaban J connectivity index is 2.06. The van der Waals surface area contributed by atoms with Crippen molar-refractivity contribution in [3.8, 4) is 5.69 Å². The molecule has 0 saturated carbocycles. The maximum Gasteiger partial charge on any atom is 0.263 e. The standard InChI is InChI=1S/C17H24N2OS/c1-12(2)14(13(3)4)11-18-17(20)16-15(7-10-21-16)19-8-5-6-9-19/h5-10,12-14H,11H2,1-4H3,(H,18,20). The van der Waals surface area contributed by atoms with E-state index < -0.39 is 0 Å². The minimum Gasteiger partial charge on any atom is -0.351 e. The Bertz CT molecular complexity index is 561. The average Bonchev–Trinajstić information content (AvgIpc) is 3.08. The molecule has 0 aliphatic heterocycles. The van der Waals surface area contributed by atoms with Crippen LogP contribution in [0.4, 0.5) is 0 Å². The lowest BCUT2D eigenvalue weighted by Crippen LogP contribution is -2.33. The highest BCUT2D eigenvalue weighted by Crippen LogP contribution is 2.23. The van der Waals surface area contributed by atoms with Gasteiger partial charge in [-0.05, 0) is 41.3 Å². The van der Waals surface area contributed by atoms with Gasteiger partial charge in [-0.3, -0.25) is 4.79 Å². The number of thiophene rings is 1. The van der Waals surface area contributed by atoms with E-state index in [0.29, 0.717) is 17.8 Å². The van der Waals surface area contributed by atoms with Gasteiger partial charge in [0, 0.05) is 18.9 Å². The van der Waals surface area contributed by atoms with E-state index in [1.165, 1.54) is 11.3 Å². The van der Waals surface area contributed by atoms with E-state index in [2.05, 4.69) is 33.0 Å². The van der Waals surface area contributed by atoms with Crippen molar-refractivity contribution < 1.29 is 4.79 Å². The molecule has 2 aromatic rings. The van der Waals surface area contributed by atoms with E-state index in [9.17, 15) is 4.79 Å². The molecule has 0 unspecified atom stereocenters. The first-order valence-corrected chi connectivity index (χ1v) is 8.37. The highest BCUT2D eigenvalue weighted by molar-refractivity contribution is 7.12. The predicted molar refractivity (Wildman–Crippen MR) is 89.1 cm³/mol. The Morgan fingerprint density at radius 1 is 1.19 bits per heavy atom. The van der Waals surface area contributed by atoms with Crippen molar-refractivity contribution in [3.05, 3.63) is 40.8 Å². The van der Waals surface area contributed by atoms with Gasteiger partial charge in [0.1, 0.15) is 4.88 Å². The van der Waals surface area contributed by atoms with Gasteiger partial charge in [0.25, 0.3) is 5.91 Å². The zero-order chi connectivity index (χ0) is 15.4. The zero-order valence-corrected chi connectivity index (χ0v) is 14.0. The Hall–Kier alpha value is -1.55. The van der Waals surface area contributed by atoms with Crippen molar-refractivity contribution in [2.24, 2.45) is 17.8 Å². The number of amides is 1. The van der Waals surface area contributed by atoms with Gasteiger partial charge in [-0.2, -0.15) is 0 Å². The molecule has 0 fully saturated rings. The van der Waals surface area contributed by atoms with E-state index >= 15 is 0 Å². The predicted octanol–water partition coefficient (Wildman–Crippen LogP) is 4.20. The number of hydrogen-bond acceptors (Lipinski definition) is 2. The molecule has 2 heterocycles. The summed E-state index contributed by atoms with van der Waals surface area (Å²) < 4.78 is 1.98. The van der Waals surface area contributed by atoms with E-state index in [-0.39, 0.29) is 5.91 Å². The minimum atomic E-state index is 0.0278. The van der Waals surface area contributed by atoms with Gasteiger partial charge in [-0.15, -0.1) is 11.3 Å². The fourth-order valence-corrected chi connectivity index (χ4v) is 3.51. The van der Waals surface area contributed by atoms with Crippen LogP contribution in [0.1, 0.15) is 37.4 Å². The minimum absolute atomic E-state index is 0.0278. The Morgan fingerprint density at radius 2 is 1.81 bits per heavy atom. The van der Waals surface area contributed by atoms with Crippen LogP contribution in [0.3, 0.4) is 0 Å². The van der Waals surface area contributed by atoms with Crippen molar-refractivity contribution in [2.75, 3.05) is 6.54 Å². The summed E-state index contributed by atoms with van der Waals surface area (Å²) in [5.74, 6) is 1.67. The molecular weight excluding hydrogens is 280 g/mol. The van der Waals surface area contributed by atoms with Gasteiger partial charge in [-0.25, -0.2) is 0 Å². The van der Waals surface area contributed by atoms with Gasteiger partial charge < -0.3 is 9.88 Å². The fourth-order valence-electron chi connectivity index (χ4n) is 2.70. The number of carbonyl (C=O) groups is 1. The van der Waals surface area contributed by atoms with E-state index in [4.69, 9.17) is 0 Å². The van der Waals surface area contributed by atoms with Crippen LogP contribution in [0, 0.1) is 17.8 Å². The van der Waals surface area contributed by atoms with E-state index in [1.807, 2.05) is 40.5 Å². The molecule has 2 rings (SSSR count). The van der Waals surface area contributed by atoms with Crippen LogP contribution in [0.5, 0.6) is 0 Å². The van der Waals surface area contributed by atoms with E-state index in [0.717, 1.165) is 17.1 Å². The molecule has 2 aromatic heterocycles. The molecule has 0 radical (unpaired) electrons. The molecule has 21 heavy (non-hydrogen) atoms. The van der Waals surface area contributed by atoms with Crippen LogP contribution in [0.2, 0.25) is 0 Å². The summed E-state index contributed by atoms with van der Waals surface area (Å²) in [6.45, 7) is 9.60. The molecule has 4 heteroatoms. The summed E-state index contributed by atoms with van der Waals surface area (Å²) in [7, 11) is 0. The van der Waals surface area contributed by atoms with Crippen molar-refractivity contribution in [2.45, 2.75) is 27.7 Å². The van der Waals surface area contributed by atoms with Crippen molar-refractivity contribution in [1.82, 2.24) is 9.88 Å². The summed E-state index contributed by atoms with van der Waals surface area (Å²) in [6.07, 6.45) is 3.92. The molecule has 1 N–H and O–H groups in total. The molecule has 1 amide bonds. The second-order valence-electron chi connectivity index (χ2n) is 6.09. The molecular formula is C17H24N2OS. The molecule has 3 nitrogen and oxygen atoms in total. The first kappa shape index (κ1) is 15.8. The van der Waals surface area contributed by atoms with Gasteiger partial charge in [0.15, 0.2) is 0 Å². The summed E-state index contributed by atoms with van der Waals surface area (Å²) in [5, 5.41) is 5.07. The molecule has 0 aromatic carbocycles. The molecule has 114 valence electrons. The summed E-state index contributed by atoms with van der Waals surface area (Å²) >= 11 is 1.49. The van der Waals surface area contributed by atoms with Crippen LogP contribution in [-0.4, -0.2) is 17.0 Å². The van der Waals surface area contributed by atoms with Crippen molar-refractivity contribution >= 4 is 17.2 Å². The third-order valence-electron chi connectivity index (χ3n) is 3.94. The lowest BCUT2D eigenvalue weighted by molar-refractivity contribution is 0.0941. The normalized spacial score (nSPS) is 11.6. The number of hydrogen-bond donors (Lipinski definition) is 1. The lowest BCUT2D eigenvalue weighted by Gasteiger charge is -2.25. The largest absolute Gasteiger partial charge is 0.351 e. The van der Waals surface area contributed by atoms with Crippen molar-refractivity contribution in [1.29, 1.82) is 0 Å². The quantitative estimate of drug-likeness (QED) is 0.853. The maximum atomic E-state index is 12.5. The number of nitrogens with one attached hydrogen (secondary N) is 1. The molecule has 0 atom stereocenters. The third kappa shape index (κ3) is 3.76. The average molecular weight is 304 g/mol. The first-order chi connectivity index (χ1) is 10.0. The Morgan fingerprint density at radius 3 is 2.38 bits per heavy atom. The summed E-state index contributed by atoms with van der Waals surface area (Å²) in [5.41, 5.74) is 0.952. The molecule has 0 bridgehead atoms. The second kappa shape index (κ2) is 6.94. The fraction of sp³-hybridized carbons (Fsp3) is 0.471. The Kier molecular flexibility index (Phi) is 5.23. The monoisotopic (exact) mass is 304 g/mol. The van der Waals surface area contributed by atoms with Crippen molar-refractivity contribution in [3.63, 3.8) is 0 Å².